The molecular formula is C53H38N2O. The van der Waals surface area contributed by atoms with Gasteiger partial charge in [0.15, 0.2) is 5.84 Å². The standard InChI is InChI=1S/C53H38N2O/c1-34-15-9-11-21-43(34)46-33-39(26-25-35(46)2)48-27-28-49(47-32-38-20-10-12-22-44(38)52-51(47)45-23-13-14-24-50(45)56-52)55-53(54-48)42-30-40(36-16-5-3-6-17-36)29-41(31-42)37-18-7-4-8-19-37/h3-27,29-33H,28H2,1-2H3. The average Bonchev–Trinajstić information content (AvgIpc) is 3.50. The minimum atomic E-state index is 0.590. The predicted octanol–water partition coefficient (Wildman–Crippen LogP) is 14.0. The second-order valence-corrected chi connectivity index (χ2v) is 14.6. The Morgan fingerprint density at radius 2 is 1.07 bits per heavy atom. The van der Waals surface area contributed by atoms with Crippen LogP contribution in [0.5, 0.6) is 0 Å². The fourth-order valence-corrected chi connectivity index (χ4v) is 8.12. The molecule has 0 fully saturated rings. The van der Waals surface area contributed by atoms with E-state index in [0.717, 1.165) is 83.1 Å². The van der Waals surface area contributed by atoms with Gasteiger partial charge in [-0.15, -0.1) is 0 Å². The number of amidine groups is 1. The lowest BCUT2D eigenvalue weighted by atomic mass is 9.93. The zero-order valence-corrected chi connectivity index (χ0v) is 31.3. The zero-order chi connectivity index (χ0) is 37.6. The maximum absolute atomic E-state index is 6.64. The van der Waals surface area contributed by atoms with Crippen LogP contribution in [0.3, 0.4) is 0 Å². The zero-order valence-electron chi connectivity index (χ0n) is 31.3. The molecule has 0 spiro atoms. The van der Waals surface area contributed by atoms with Gasteiger partial charge in [0.05, 0.1) is 11.4 Å². The molecule has 10 rings (SSSR count). The van der Waals surface area contributed by atoms with Crippen molar-refractivity contribution in [3.63, 3.8) is 0 Å². The van der Waals surface area contributed by atoms with E-state index in [4.69, 9.17) is 14.4 Å². The van der Waals surface area contributed by atoms with E-state index in [0.29, 0.717) is 12.3 Å². The molecule has 2 heterocycles. The summed E-state index contributed by atoms with van der Waals surface area (Å²) < 4.78 is 6.64. The molecule has 1 aromatic heterocycles. The van der Waals surface area contributed by atoms with Crippen molar-refractivity contribution >= 4 is 50.0 Å². The third kappa shape index (κ3) is 6.04. The van der Waals surface area contributed by atoms with Crippen molar-refractivity contribution in [2.45, 2.75) is 20.3 Å². The first-order valence-corrected chi connectivity index (χ1v) is 19.2. The molecule has 56 heavy (non-hydrogen) atoms. The van der Waals surface area contributed by atoms with Crippen LogP contribution in [0, 0.1) is 13.8 Å². The lowest BCUT2D eigenvalue weighted by Gasteiger charge is -2.13. The van der Waals surface area contributed by atoms with Crippen LogP contribution in [0.25, 0.3) is 71.8 Å². The van der Waals surface area contributed by atoms with Gasteiger partial charge in [0.25, 0.3) is 0 Å². The number of aliphatic imine (C=N–C) groups is 2. The van der Waals surface area contributed by atoms with E-state index >= 15 is 0 Å². The number of nitrogens with zero attached hydrogens (tertiary/aromatic N) is 2. The van der Waals surface area contributed by atoms with E-state index in [1.807, 2.05) is 6.07 Å². The number of furan rings is 1. The molecule has 9 aromatic rings. The Bertz CT molecular complexity index is 3000. The van der Waals surface area contributed by atoms with Crippen molar-refractivity contribution in [2.24, 2.45) is 9.98 Å². The van der Waals surface area contributed by atoms with E-state index < -0.39 is 0 Å². The Hall–Kier alpha value is -7.10. The first kappa shape index (κ1) is 33.5. The van der Waals surface area contributed by atoms with E-state index in [1.54, 1.807) is 0 Å². The summed E-state index contributed by atoms with van der Waals surface area (Å²) in [5, 5.41) is 4.36. The van der Waals surface area contributed by atoms with Crippen LogP contribution in [-0.4, -0.2) is 11.5 Å². The number of hydrogen-bond donors (Lipinski definition) is 0. The van der Waals surface area contributed by atoms with Gasteiger partial charge in [0, 0.05) is 39.3 Å². The SMILES string of the molecule is Cc1ccccc1-c1cc(C2=CCC(c3cc4ccccc4c4oc5ccccc5c34)=NC(c3cc(-c4ccccc4)cc(-c4ccccc4)c3)=N2)ccc1C. The Morgan fingerprint density at radius 1 is 0.446 bits per heavy atom. The first-order valence-electron chi connectivity index (χ1n) is 19.2. The summed E-state index contributed by atoms with van der Waals surface area (Å²) >= 11 is 0. The second-order valence-electron chi connectivity index (χ2n) is 14.6. The predicted molar refractivity (Wildman–Crippen MR) is 236 cm³/mol. The molecule has 0 bridgehead atoms. The van der Waals surface area contributed by atoms with Crippen LogP contribution in [0.15, 0.2) is 196 Å². The fourth-order valence-electron chi connectivity index (χ4n) is 8.12. The molecule has 0 N–H and O–H groups in total. The summed E-state index contributed by atoms with van der Waals surface area (Å²) in [7, 11) is 0. The van der Waals surface area contributed by atoms with Crippen LogP contribution in [-0.2, 0) is 0 Å². The molecule has 0 aliphatic carbocycles. The van der Waals surface area contributed by atoms with E-state index in [9.17, 15) is 0 Å². The number of rotatable bonds is 6. The Balaban J connectivity index is 1.23. The Kier molecular flexibility index (Phi) is 8.34. The van der Waals surface area contributed by atoms with Gasteiger partial charge in [-0.2, -0.15) is 0 Å². The smallest absolute Gasteiger partial charge is 0.160 e. The number of benzene rings is 8. The van der Waals surface area contributed by atoms with Gasteiger partial charge < -0.3 is 4.42 Å². The molecule has 0 saturated carbocycles. The average molecular weight is 719 g/mol. The van der Waals surface area contributed by atoms with Crippen LogP contribution in [0.1, 0.15) is 34.2 Å². The highest BCUT2D eigenvalue weighted by atomic mass is 16.3. The number of fused-ring (bicyclic) bond motifs is 5. The van der Waals surface area contributed by atoms with Gasteiger partial charge in [-0.3, -0.25) is 0 Å². The minimum absolute atomic E-state index is 0.590. The molecular weight excluding hydrogens is 681 g/mol. The van der Waals surface area contributed by atoms with E-state index in [1.165, 1.54) is 22.3 Å². The lowest BCUT2D eigenvalue weighted by molar-refractivity contribution is 0.672. The van der Waals surface area contributed by atoms with Gasteiger partial charge in [-0.1, -0.05) is 146 Å². The number of hydrogen-bond acceptors (Lipinski definition) is 3. The molecule has 3 heteroatoms. The van der Waals surface area contributed by atoms with Crippen LogP contribution >= 0.6 is 0 Å². The second kappa shape index (κ2) is 14.0. The van der Waals surface area contributed by atoms with Crippen molar-refractivity contribution in [3.8, 4) is 33.4 Å². The summed E-state index contributed by atoms with van der Waals surface area (Å²) in [5.74, 6) is 0.672. The molecule has 1 aliphatic rings. The lowest BCUT2D eigenvalue weighted by Crippen LogP contribution is -2.06. The fraction of sp³-hybridized carbons (Fsp3) is 0.0566. The molecule has 0 atom stereocenters. The molecule has 0 amide bonds. The molecule has 3 nitrogen and oxygen atoms in total. The summed E-state index contributed by atoms with van der Waals surface area (Å²) in [6.45, 7) is 4.36. The highest BCUT2D eigenvalue weighted by Gasteiger charge is 2.22. The molecule has 0 unspecified atom stereocenters. The first-order chi connectivity index (χ1) is 27.6. The summed E-state index contributed by atoms with van der Waals surface area (Å²) in [4.78, 5) is 11.1. The summed E-state index contributed by atoms with van der Waals surface area (Å²) in [5.41, 5.74) is 16.1. The molecule has 1 aliphatic heterocycles. The Labute approximate surface area is 326 Å². The monoisotopic (exact) mass is 718 g/mol. The van der Waals surface area contributed by atoms with Gasteiger partial charge in [-0.25, -0.2) is 9.98 Å². The topological polar surface area (TPSA) is 37.9 Å². The van der Waals surface area contributed by atoms with Crippen molar-refractivity contribution in [1.82, 2.24) is 0 Å². The maximum Gasteiger partial charge on any atom is 0.160 e. The molecule has 0 saturated heterocycles. The molecule has 0 radical (unpaired) electrons. The van der Waals surface area contributed by atoms with Gasteiger partial charge in [0.2, 0.25) is 0 Å². The highest BCUT2D eigenvalue weighted by molar-refractivity contribution is 6.27. The maximum atomic E-state index is 6.64. The normalized spacial score (nSPS) is 13.1. The highest BCUT2D eigenvalue weighted by Crippen LogP contribution is 2.39. The minimum Gasteiger partial charge on any atom is -0.455 e. The van der Waals surface area contributed by atoms with Crippen molar-refractivity contribution in [3.05, 3.63) is 210 Å². The van der Waals surface area contributed by atoms with Gasteiger partial charge >= 0.3 is 0 Å². The quantitative estimate of drug-likeness (QED) is 0.169. The summed E-state index contributed by atoms with van der Waals surface area (Å²) in [6.07, 6.45) is 2.84. The number of para-hydroxylation sites is 1. The summed E-state index contributed by atoms with van der Waals surface area (Å²) in [6, 6.07) is 62.3. The van der Waals surface area contributed by atoms with Crippen LogP contribution in [0.4, 0.5) is 0 Å². The van der Waals surface area contributed by atoms with E-state index in [-0.39, 0.29) is 0 Å². The van der Waals surface area contributed by atoms with Crippen molar-refractivity contribution in [1.29, 1.82) is 0 Å². The number of allylic oxidation sites excluding steroid dienone is 1. The van der Waals surface area contributed by atoms with Gasteiger partial charge in [0.1, 0.15) is 11.2 Å². The number of aryl methyl sites for hydroxylation is 2. The Morgan fingerprint density at radius 3 is 1.82 bits per heavy atom. The third-order valence-electron chi connectivity index (χ3n) is 11.0. The van der Waals surface area contributed by atoms with Crippen molar-refractivity contribution < 1.29 is 4.42 Å². The van der Waals surface area contributed by atoms with Crippen LogP contribution in [0.2, 0.25) is 0 Å². The molecule has 8 aromatic carbocycles. The largest absolute Gasteiger partial charge is 0.455 e. The van der Waals surface area contributed by atoms with Crippen molar-refractivity contribution in [2.75, 3.05) is 0 Å². The van der Waals surface area contributed by atoms with Gasteiger partial charge in [-0.05, 0) is 100 Å². The van der Waals surface area contributed by atoms with Crippen LogP contribution < -0.4 is 0 Å². The molecule has 266 valence electrons. The third-order valence-corrected chi connectivity index (χ3v) is 11.0. The van der Waals surface area contributed by atoms with E-state index in [2.05, 4.69) is 190 Å².